The first-order valence-corrected chi connectivity index (χ1v) is 5.72. The van der Waals surface area contributed by atoms with Gasteiger partial charge in [0.05, 0.1) is 0 Å². The molecule has 0 aromatic heterocycles. The summed E-state index contributed by atoms with van der Waals surface area (Å²) in [6.07, 6.45) is 6.96. The minimum atomic E-state index is 0.638. The molecule has 1 N–H and O–H groups in total. The third-order valence-corrected chi connectivity index (χ3v) is 4.51. The van der Waals surface area contributed by atoms with Crippen molar-refractivity contribution in [2.75, 3.05) is 19.8 Å². The second kappa shape index (κ2) is 2.96. The highest BCUT2D eigenvalue weighted by atomic mass is 16.5. The molecular weight excluding hydrogens is 162 g/mol. The van der Waals surface area contributed by atoms with E-state index in [1.807, 2.05) is 0 Å². The maximum atomic E-state index is 5.48. The Morgan fingerprint density at radius 3 is 2.85 bits per heavy atom. The van der Waals surface area contributed by atoms with Crippen LogP contribution in [0, 0.1) is 11.3 Å². The molecular formula is C11H19NO. The molecule has 1 saturated carbocycles. The Hall–Kier alpha value is -0.0800. The Labute approximate surface area is 80.0 Å². The predicted molar refractivity (Wildman–Crippen MR) is 51.6 cm³/mol. The smallest absolute Gasteiger partial charge is 0.0471 e. The van der Waals surface area contributed by atoms with Gasteiger partial charge < -0.3 is 10.1 Å². The summed E-state index contributed by atoms with van der Waals surface area (Å²) in [5.74, 6) is 0.983. The maximum Gasteiger partial charge on any atom is 0.0471 e. The second-order valence-corrected chi connectivity index (χ2v) is 5.00. The number of fused-ring (bicyclic) bond motifs is 2. The molecule has 2 nitrogen and oxygen atoms in total. The molecule has 3 fully saturated rings. The molecule has 74 valence electrons. The van der Waals surface area contributed by atoms with Gasteiger partial charge in [0.15, 0.2) is 0 Å². The monoisotopic (exact) mass is 181 g/mol. The lowest BCUT2D eigenvalue weighted by molar-refractivity contribution is 0.00122. The molecule has 1 spiro atoms. The van der Waals surface area contributed by atoms with E-state index in [-0.39, 0.29) is 0 Å². The van der Waals surface area contributed by atoms with Crippen LogP contribution in [-0.2, 0) is 4.74 Å². The lowest BCUT2D eigenvalue weighted by atomic mass is 9.71. The van der Waals surface area contributed by atoms with Crippen LogP contribution in [-0.4, -0.2) is 25.8 Å². The van der Waals surface area contributed by atoms with Crippen molar-refractivity contribution >= 4 is 0 Å². The van der Waals surface area contributed by atoms with E-state index in [0.717, 1.165) is 25.2 Å². The quantitative estimate of drug-likeness (QED) is 0.612. The summed E-state index contributed by atoms with van der Waals surface area (Å²) < 4.78 is 5.48. The molecule has 2 aliphatic heterocycles. The van der Waals surface area contributed by atoms with Crippen LogP contribution >= 0.6 is 0 Å². The van der Waals surface area contributed by atoms with Crippen LogP contribution in [0.25, 0.3) is 0 Å². The van der Waals surface area contributed by atoms with E-state index >= 15 is 0 Å². The van der Waals surface area contributed by atoms with Gasteiger partial charge in [0, 0.05) is 25.8 Å². The first-order valence-electron chi connectivity index (χ1n) is 5.72. The second-order valence-electron chi connectivity index (χ2n) is 5.00. The Kier molecular flexibility index (Phi) is 1.88. The molecule has 0 aromatic rings. The molecule has 2 heteroatoms. The first kappa shape index (κ1) is 8.25. The molecule has 3 aliphatic rings. The fourth-order valence-electron chi connectivity index (χ4n) is 3.73. The van der Waals surface area contributed by atoms with Gasteiger partial charge in [-0.1, -0.05) is 6.42 Å². The van der Waals surface area contributed by atoms with Gasteiger partial charge in [-0.2, -0.15) is 0 Å². The largest absolute Gasteiger partial charge is 0.381 e. The van der Waals surface area contributed by atoms with E-state index in [4.69, 9.17) is 4.74 Å². The van der Waals surface area contributed by atoms with Crippen LogP contribution in [0.1, 0.15) is 32.1 Å². The van der Waals surface area contributed by atoms with Gasteiger partial charge in [-0.25, -0.2) is 0 Å². The van der Waals surface area contributed by atoms with Gasteiger partial charge >= 0.3 is 0 Å². The highest BCUT2D eigenvalue weighted by Crippen LogP contribution is 2.49. The van der Waals surface area contributed by atoms with Crippen molar-refractivity contribution in [1.29, 1.82) is 0 Å². The van der Waals surface area contributed by atoms with Gasteiger partial charge in [0.2, 0.25) is 0 Å². The van der Waals surface area contributed by atoms with E-state index < -0.39 is 0 Å². The van der Waals surface area contributed by atoms with E-state index in [2.05, 4.69) is 5.32 Å². The number of hydrogen-bond acceptors (Lipinski definition) is 2. The zero-order valence-corrected chi connectivity index (χ0v) is 8.22. The summed E-state index contributed by atoms with van der Waals surface area (Å²) in [5, 5.41) is 3.72. The molecule has 2 unspecified atom stereocenters. The van der Waals surface area contributed by atoms with Crippen molar-refractivity contribution in [2.24, 2.45) is 11.3 Å². The Bertz CT molecular complexity index is 193. The lowest BCUT2D eigenvalue weighted by Gasteiger charge is -2.37. The van der Waals surface area contributed by atoms with Crippen LogP contribution in [0.4, 0.5) is 0 Å². The fourth-order valence-corrected chi connectivity index (χ4v) is 3.73. The Morgan fingerprint density at radius 2 is 2.00 bits per heavy atom. The summed E-state index contributed by atoms with van der Waals surface area (Å²) >= 11 is 0. The molecule has 0 amide bonds. The fraction of sp³-hybridized carbons (Fsp3) is 1.00. The van der Waals surface area contributed by atoms with Crippen LogP contribution in [0.15, 0.2) is 0 Å². The molecule has 0 aromatic carbocycles. The molecule has 2 atom stereocenters. The zero-order chi connectivity index (χ0) is 8.73. The predicted octanol–water partition coefficient (Wildman–Crippen LogP) is 1.56. The molecule has 2 heterocycles. The van der Waals surface area contributed by atoms with Crippen molar-refractivity contribution in [1.82, 2.24) is 5.32 Å². The minimum Gasteiger partial charge on any atom is -0.381 e. The highest BCUT2D eigenvalue weighted by molar-refractivity contribution is 5.04. The zero-order valence-electron chi connectivity index (χ0n) is 8.22. The van der Waals surface area contributed by atoms with Crippen molar-refractivity contribution in [3.8, 4) is 0 Å². The van der Waals surface area contributed by atoms with Gasteiger partial charge in [0.1, 0.15) is 0 Å². The molecule has 0 bridgehead atoms. The summed E-state index contributed by atoms with van der Waals surface area (Å²) in [4.78, 5) is 0. The van der Waals surface area contributed by atoms with Crippen LogP contribution in [0.2, 0.25) is 0 Å². The standard InChI is InChI=1S/C11H19NO/c1-2-9-10(3-1)12-8-11(9)4-6-13-7-5-11/h9-10,12H,1-8H2. The van der Waals surface area contributed by atoms with Gasteiger partial charge in [-0.3, -0.25) is 0 Å². The molecule has 0 radical (unpaired) electrons. The van der Waals surface area contributed by atoms with Crippen molar-refractivity contribution in [2.45, 2.75) is 38.1 Å². The summed E-state index contributed by atoms with van der Waals surface area (Å²) in [5.41, 5.74) is 0.638. The number of rotatable bonds is 0. The lowest BCUT2D eigenvalue weighted by Crippen LogP contribution is -2.36. The number of hydrogen-bond donors (Lipinski definition) is 1. The average molecular weight is 181 g/mol. The average Bonchev–Trinajstić information content (AvgIpc) is 2.73. The first-order chi connectivity index (χ1) is 6.41. The van der Waals surface area contributed by atoms with E-state index in [9.17, 15) is 0 Å². The third kappa shape index (κ3) is 1.15. The van der Waals surface area contributed by atoms with Gasteiger partial charge in [-0.15, -0.1) is 0 Å². The van der Waals surface area contributed by atoms with Crippen molar-refractivity contribution < 1.29 is 4.74 Å². The van der Waals surface area contributed by atoms with Gasteiger partial charge in [0.25, 0.3) is 0 Å². The van der Waals surface area contributed by atoms with Crippen molar-refractivity contribution in [3.05, 3.63) is 0 Å². The minimum absolute atomic E-state index is 0.638. The summed E-state index contributed by atoms with van der Waals surface area (Å²) in [7, 11) is 0. The van der Waals surface area contributed by atoms with Crippen LogP contribution in [0.3, 0.4) is 0 Å². The summed E-state index contributed by atoms with van der Waals surface area (Å²) in [6, 6.07) is 0.859. The van der Waals surface area contributed by atoms with E-state index in [0.29, 0.717) is 5.41 Å². The Balaban J connectivity index is 1.81. The van der Waals surface area contributed by atoms with E-state index in [1.165, 1.54) is 38.6 Å². The van der Waals surface area contributed by atoms with Crippen molar-refractivity contribution in [3.63, 3.8) is 0 Å². The normalized spacial score (nSPS) is 42.5. The Morgan fingerprint density at radius 1 is 1.15 bits per heavy atom. The maximum absolute atomic E-state index is 5.48. The third-order valence-electron chi connectivity index (χ3n) is 4.51. The molecule has 13 heavy (non-hydrogen) atoms. The van der Waals surface area contributed by atoms with E-state index in [1.54, 1.807) is 0 Å². The molecule has 2 saturated heterocycles. The topological polar surface area (TPSA) is 21.3 Å². The summed E-state index contributed by atoms with van der Waals surface area (Å²) in [6.45, 7) is 3.28. The molecule has 3 rings (SSSR count). The highest BCUT2D eigenvalue weighted by Gasteiger charge is 2.50. The molecule has 1 aliphatic carbocycles. The van der Waals surface area contributed by atoms with Crippen LogP contribution in [0.5, 0.6) is 0 Å². The van der Waals surface area contributed by atoms with Crippen LogP contribution < -0.4 is 5.32 Å². The van der Waals surface area contributed by atoms with Gasteiger partial charge in [-0.05, 0) is 37.0 Å². The number of ether oxygens (including phenoxy) is 1. The SMILES string of the molecule is C1CC2NCC3(CCOCC3)C2C1. The number of nitrogens with one attached hydrogen (secondary N) is 1.